The molecule has 2 amide bonds. The highest BCUT2D eigenvalue weighted by molar-refractivity contribution is 5.95. The van der Waals surface area contributed by atoms with E-state index in [0.717, 1.165) is 13.1 Å². The molecule has 0 saturated carbocycles. The molecule has 7 nitrogen and oxygen atoms in total. The number of nitrogens with zero attached hydrogens (tertiary/aromatic N) is 3. The van der Waals surface area contributed by atoms with Gasteiger partial charge in [0.1, 0.15) is 0 Å². The Labute approximate surface area is 183 Å². The molecule has 4 rings (SSSR count). The van der Waals surface area contributed by atoms with E-state index in [1.165, 1.54) is 5.56 Å². The maximum Gasteiger partial charge on any atom is 0.255 e. The average Bonchev–Trinajstić information content (AvgIpc) is 3.12. The lowest BCUT2D eigenvalue weighted by atomic mass is 9.71. The number of nitrogens with one attached hydrogen (secondary N) is 1. The summed E-state index contributed by atoms with van der Waals surface area (Å²) >= 11 is 0. The van der Waals surface area contributed by atoms with Gasteiger partial charge in [0.2, 0.25) is 11.8 Å². The molecule has 1 N–H and O–H groups in total. The zero-order chi connectivity index (χ0) is 22.0. The number of amides is 2. The summed E-state index contributed by atoms with van der Waals surface area (Å²) in [4.78, 5) is 34.2. The number of pyridine rings is 1. The molecule has 2 aromatic rings. The van der Waals surface area contributed by atoms with E-state index in [1.807, 2.05) is 36.9 Å². The maximum absolute atomic E-state index is 13.0. The van der Waals surface area contributed by atoms with Crippen molar-refractivity contribution in [2.45, 2.75) is 26.4 Å². The molecule has 0 radical (unpaired) electrons. The first kappa shape index (κ1) is 21.3. The van der Waals surface area contributed by atoms with Crippen molar-refractivity contribution in [1.29, 1.82) is 0 Å². The molecule has 2 saturated heterocycles. The zero-order valence-corrected chi connectivity index (χ0v) is 18.4. The lowest BCUT2D eigenvalue weighted by Crippen LogP contribution is -2.64. The maximum atomic E-state index is 13.0. The summed E-state index contributed by atoms with van der Waals surface area (Å²) in [5.41, 5.74) is 1.57. The Morgan fingerprint density at radius 1 is 1.16 bits per heavy atom. The predicted molar refractivity (Wildman–Crippen MR) is 118 cm³/mol. The monoisotopic (exact) mass is 422 g/mol. The standard InChI is InChI=1S/C24H30N4O3/c1-17(2)26-22(29)20-13-27(12-18-7-5-4-6-8-18)14-24(20)15-28(16-24)23(30)19-9-10-21(31-3)25-11-19/h4-11,17,20H,12-16H2,1-3H3,(H,26,29). The van der Waals surface area contributed by atoms with Crippen LogP contribution in [0.25, 0.3) is 0 Å². The Hall–Kier alpha value is -2.93. The molecule has 31 heavy (non-hydrogen) atoms. The summed E-state index contributed by atoms with van der Waals surface area (Å²) in [5, 5.41) is 3.09. The van der Waals surface area contributed by atoms with Gasteiger partial charge in [-0.3, -0.25) is 14.5 Å². The number of benzene rings is 1. The highest BCUT2D eigenvalue weighted by Gasteiger charge is 2.57. The van der Waals surface area contributed by atoms with Crippen LogP contribution in [0.2, 0.25) is 0 Å². The Morgan fingerprint density at radius 2 is 1.90 bits per heavy atom. The number of ether oxygens (including phenoxy) is 1. The third-order valence-electron chi connectivity index (χ3n) is 6.21. The van der Waals surface area contributed by atoms with Crippen molar-refractivity contribution in [3.8, 4) is 5.88 Å². The van der Waals surface area contributed by atoms with Gasteiger partial charge in [0.25, 0.3) is 5.91 Å². The minimum Gasteiger partial charge on any atom is -0.481 e. The van der Waals surface area contributed by atoms with Gasteiger partial charge in [-0.1, -0.05) is 30.3 Å². The summed E-state index contributed by atoms with van der Waals surface area (Å²) in [6, 6.07) is 13.8. The molecule has 164 valence electrons. The van der Waals surface area contributed by atoms with E-state index in [0.29, 0.717) is 31.1 Å². The van der Waals surface area contributed by atoms with Crippen LogP contribution in [-0.2, 0) is 11.3 Å². The molecule has 1 spiro atoms. The molecular weight excluding hydrogens is 392 g/mol. The van der Waals surface area contributed by atoms with E-state index in [9.17, 15) is 9.59 Å². The van der Waals surface area contributed by atoms with Gasteiger partial charge in [-0.15, -0.1) is 0 Å². The molecule has 1 atom stereocenters. The van der Waals surface area contributed by atoms with Crippen LogP contribution >= 0.6 is 0 Å². The fraction of sp³-hybridized carbons (Fsp3) is 0.458. The molecule has 1 aromatic heterocycles. The van der Waals surface area contributed by atoms with Gasteiger partial charge in [-0.25, -0.2) is 4.98 Å². The Bertz CT molecular complexity index is 924. The second-order valence-electron chi connectivity index (χ2n) is 8.98. The van der Waals surface area contributed by atoms with Crippen LogP contribution in [0.15, 0.2) is 48.7 Å². The second kappa shape index (κ2) is 8.67. The van der Waals surface area contributed by atoms with Crippen molar-refractivity contribution in [3.05, 3.63) is 59.8 Å². The molecule has 3 heterocycles. The normalized spacial score (nSPS) is 20.0. The SMILES string of the molecule is COc1ccc(C(=O)N2CC3(CN(Cc4ccccc4)CC3C(=O)NC(C)C)C2)cn1. The van der Waals surface area contributed by atoms with Crippen LogP contribution < -0.4 is 10.1 Å². The van der Waals surface area contributed by atoms with E-state index in [2.05, 4.69) is 27.3 Å². The Kier molecular flexibility index (Phi) is 5.96. The molecule has 2 fully saturated rings. The molecule has 7 heteroatoms. The number of hydrogen-bond acceptors (Lipinski definition) is 5. The third-order valence-corrected chi connectivity index (χ3v) is 6.21. The van der Waals surface area contributed by atoms with E-state index in [1.54, 1.807) is 25.4 Å². The number of aromatic nitrogens is 1. The lowest BCUT2D eigenvalue weighted by Gasteiger charge is -2.50. The zero-order valence-electron chi connectivity index (χ0n) is 18.4. The van der Waals surface area contributed by atoms with E-state index < -0.39 is 0 Å². The van der Waals surface area contributed by atoms with Gasteiger partial charge in [0.05, 0.1) is 18.6 Å². The predicted octanol–water partition coefficient (Wildman–Crippen LogP) is 2.19. The van der Waals surface area contributed by atoms with E-state index in [4.69, 9.17) is 4.74 Å². The van der Waals surface area contributed by atoms with Crippen LogP contribution in [0, 0.1) is 11.3 Å². The smallest absolute Gasteiger partial charge is 0.255 e. The van der Waals surface area contributed by atoms with Crippen LogP contribution in [0.1, 0.15) is 29.8 Å². The third kappa shape index (κ3) is 4.42. The minimum atomic E-state index is -0.205. The van der Waals surface area contributed by atoms with E-state index >= 15 is 0 Å². The fourth-order valence-corrected chi connectivity index (χ4v) is 4.77. The first-order chi connectivity index (χ1) is 14.9. The summed E-state index contributed by atoms with van der Waals surface area (Å²) in [7, 11) is 1.55. The number of likely N-dealkylation sites (tertiary alicyclic amines) is 2. The van der Waals surface area contributed by atoms with Gasteiger partial charge in [-0.05, 0) is 25.5 Å². The first-order valence-corrected chi connectivity index (χ1v) is 10.8. The van der Waals surface area contributed by atoms with Crippen molar-refractivity contribution in [3.63, 3.8) is 0 Å². The number of rotatable bonds is 6. The van der Waals surface area contributed by atoms with Crippen LogP contribution in [-0.4, -0.2) is 65.9 Å². The van der Waals surface area contributed by atoms with Gasteiger partial charge in [-0.2, -0.15) is 0 Å². The quantitative estimate of drug-likeness (QED) is 0.773. The minimum absolute atomic E-state index is 0.0506. The number of carbonyl (C=O) groups excluding carboxylic acids is 2. The molecule has 1 unspecified atom stereocenters. The van der Waals surface area contributed by atoms with Gasteiger partial charge in [0.15, 0.2) is 0 Å². The van der Waals surface area contributed by atoms with Crippen molar-refractivity contribution < 1.29 is 14.3 Å². The van der Waals surface area contributed by atoms with Crippen molar-refractivity contribution in [1.82, 2.24) is 20.1 Å². The Balaban J connectivity index is 1.47. The molecule has 2 aliphatic rings. The topological polar surface area (TPSA) is 74.8 Å². The highest BCUT2D eigenvalue weighted by atomic mass is 16.5. The Morgan fingerprint density at radius 3 is 2.52 bits per heavy atom. The summed E-state index contributed by atoms with van der Waals surface area (Å²) in [5.74, 6) is 0.389. The largest absolute Gasteiger partial charge is 0.481 e. The second-order valence-corrected chi connectivity index (χ2v) is 8.98. The average molecular weight is 423 g/mol. The number of methoxy groups -OCH3 is 1. The first-order valence-electron chi connectivity index (χ1n) is 10.8. The summed E-state index contributed by atoms with van der Waals surface area (Å²) in [6.45, 7) is 7.45. The molecule has 2 aliphatic heterocycles. The number of hydrogen-bond donors (Lipinski definition) is 1. The van der Waals surface area contributed by atoms with Crippen molar-refractivity contribution >= 4 is 11.8 Å². The molecular formula is C24H30N4O3. The highest BCUT2D eigenvalue weighted by Crippen LogP contribution is 2.45. The van der Waals surface area contributed by atoms with Gasteiger partial charge in [0, 0.05) is 56.4 Å². The van der Waals surface area contributed by atoms with Gasteiger partial charge >= 0.3 is 0 Å². The summed E-state index contributed by atoms with van der Waals surface area (Å²) < 4.78 is 5.07. The van der Waals surface area contributed by atoms with Crippen LogP contribution in [0.3, 0.4) is 0 Å². The van der Waals surface area contributed by atoms with E-state index in [-0.39, 0.29) is 29.2 Å². The van der Waals surface area contributed by atoms with Crippen molar-refractivity contribution in [2.75, 3.05) is 33.3 Å². The molecule has 0 bridgehead atoms. The lowest BCUT2D eigenvalue weighted by molar-refractivity contribution is -0.131. The molecule has 1 aromatic carbocycles. The summed E-state index contributed by atoms with van der Waals surface area (Å²) in [6.07, 6.45) is 1.55. The van der Waals surface area contributed by atoms with Crippen LogP contribution in [0.5, 0.6) is 5.88 Å². The number of carbonyl (C=O) groups is 2. The fourth-order valence-electron chi connectivity index (χ4n) is 4.77. The van der Waals surface area contributed by atoms with Crippen LogP contribution in [0.4, 0.5) is 0 Å². The van der Waals surface area contributed by atoms with Crippen molar-refractivity contribution in [2.24, 2.45) is 11.3 Å². The molecule has 0 aliphatic carbocycles. The van der Waals surface area contributed by atoms with Gasteiger partial charge < -0.3 is 15.0 Å².